The maximum Gasteiger partial charge on any atom is 0.258 e. The van der Waals surface area contributed by atoms with E-state index in [1.54, 1.807) is 12.3 Å². The monoisotopic (exact) mass is 324 g/mol. The van der Waals surface area contributed by atoms with Crippen molar-refractivity contribution in [2.75, 3.05) is 48.9 Å². The van der Waals surface area contributed by atoms with Crippen molar-refractivity contribution in [1.29, 1.82) is 0 Å². The van der Waals surface area contributed by atoms with E-state index in [1.807, 2.05) is 48.2 Å². The van der Waals surface area contributed by atoms with E-state index in [0.717, 1.165) is 23.7 Å². The van der Waals surface area contributed by atoms with Crippen molar-refractivity contribution in [2.24, 2.45) is 5.92 Å². The molecule has 0 saturated carbocycles. The van der Waals surface area contributed by atoms with E-state index in [9.17, 15) is 4.79 Å². The summed E-state index contributed by atoms with van der Waals surface area (Å²) in [7, 11) is 5.93. The van der Waals surface area contributed by atoms with Crippen molar-refractivity contribution in [2.45, 2.75) is 6.92 Å². The molecule has 126 valence electrons. The number of benzene rings is 1. The second-order valence-electron chi connectivity index (χ2n) is 6.69. The van der Waals surface area contributed by atoms with Crippen LogP contribution in [0.3, 0.4) is 0 Å². The number of carbonyl (C=O) groups is 1. The second-order valence-corrected chi connectivity index (χ2v) is 6.69. The van der Waals surface area contributed by atoms with Gasteiger partial charge in [0.05, 0.1) is 11.4 Å². The molecule has 24 heavy (non-hydrogen) atoms. The van der Waals surface area contributed by atoms with Gasteiger partial charge in [-0.1, -0.05) is 19.1 Å². The first-order valence-electron chi connectivity index (χ1n) is 8.23. The number of para-hydroxylation sites is 2. The van der Waals surface area contributed by atoms with Crippen LogP contribution < -0.4 is 14.7 Å². The summed E-state index contributed by atoms with van der Waals surface area (Å²) in [5.41, 5.74) is 2.73. The van der Waals surface area contributed by atoms with Gasteiger partial charge in [-0.05, 0) is 30.2 Å². The molecule has 0 saturated heterocycles. The maximum absolute atomic E-state index is 13.2. The molecule has 0 spiro atoms. The summed E-state index contributed by atoms with van der Waals surface area (Å²) in [6, 6.07) is 11.7. The number of amides is 1. The van der Waals surface area contributed by atoms with Gasteiger partial charge in [0.2, 0.25) is 0 Å². The lowest BCUT2D eigenvalue weighted by molar-refractivity contribution is 0.0984. The molecular weight excluding hydrogens is 300 g/mol. The lowest BCUT2D eigenvalue weighted by Crippen LogP contribution is -2.35. The van der Waals surface area contributed by atoms with Gasteiger partial charge in [0.25, 0.3) is 5.91 Å². The highest BCUT2D eigenvalue weighted by atomic mass is 16.2. The van der Waals surface area contributed by atoms with Crippen LogP contribution in [0.5, 0.6) is 0 Å². The second kappa shape index (κ2) is 6.51. The topological polar surface area (TPSA) is 39.7 Å². The summed E-state index contributed by atoms with van der Waals surface area (Å²) in [6.07, 6.45) is 1.70. The molecule has 0 unspecified atom stereocenters. The molecule has 1 amide bonds. The predicted octanol–water partition coefficient (Wildman–Crippen LogP) is 2.88. The number of anilines is 3. The van der Waals surface area contributed by atoms with Crippen molar-refractivity contribution < 1.29 is 4.79 Å². The van der Waals surface area contributed by atoms with E-state index in [1.165, 1.54) is 0 Å². The molecule has 1 atom stereocenters. The molecule has 1 aliphatic heterocycles. The molecule has 0 bridgehead atoms. The number of hydrogen-bond donors (Lipinski definition) is 0. The van der Waals surface area contributed by atoms with Crippen LogP contribution in [0.2, 0.25) is 0 Å². The van der Waals surface area contributed by atoms with Crippen molar-refractivity contribution in [3.8, 4) is 0 Å². The molecule has 0 radical (unpaired) electrons. The van der Waals surface area contributed by atoms with Crippen LogP contribution in [-0.4, -0.2) is 45.1 Å². The zero-order chi connectivity index (χ0) is 17.3. The van der Waals surface area contributed by atoms with Gasteiger partial charge in [0, 0.05) is 46.0 Å². The molecule has 1 aromatic carbocycles. The Balaban J connectivity index is 2.02. The predicted molar refractivity (Wildman–Crippen MR) is 99.1 cm³/mol. The molecule has 1 aromatic heterocycles. The standard InChI is InChI=1S/C19H24N4O/c1-14-12-22(4)16-7-5-6-8-17(16)23(13-14)19(24)15-9-10-20-18(11-15)21(2)3/h5-11,14H,12-13H2,1-4H3/t14-/m1/s1. The summed E-state index contributed by atoms with van der Waals surface area (Å²) in [5.74, 6) is 1.20. The lowest BCUT2D eigenvalue weighted by Gasteiger charge is -2.25. The van der Waals surface area contributed by atoms with Gasteiger partial charge in [0.15, 0.2) is 0 Å². The molecule has 2 heterocycles. The van der Waals surface area contributed by atoms with Crippen molar-refractivity contribution in [3.05, 3.63) is 48.2 Å². The van der Waals surface area contributed by atoms with Gasteiger partial charge in [-0.2, -0.15) is 0 Å². The van der Waals surface area contributed by atoms with E-state index < -0.39 is 0 Å². The van der Waals surface area contributed by atoms with Crippen LogP contribution in [0.1, 0.15) is 17.3 Å². The fraction of sp³-hybridized carbons (Fsp3) is 0.368. The number of nitrogens with zero attached hydrogens (tertiary/aromatic N) is 4. The number of rotatable bonds is 2. The Kier molecular flexibility index (Phi) is 4.42. The largest absolute Gasteiger partial charge is 0.373 e. The molecule has 3 rings (SSSR count). The van der Waals surface area contributed by atoms with E-state index in [4.69, 9.17) is 0 Å². The van der Waals surface area contributed by atoms with Crippen LogP contribution in [-0.2, 0) is 0 Å². The molecule has 0 fully saturated rings. The zero-order valence-electron chi connectivity index (χ0n) is 14.7. The smallest absolute Gasteiger partial charge is 0.258 e. The van der Waals surface area contributed by atoms with Gasteiger partial charge in [-0.3, -0.25) is 4.79 Å². The highest BCUT2D eigenvalue weighted by Crippen LogP contribution is 2.33. The van der Waals surface area contributed by atoms with Crippen molar-refractivity contribution in [1.82, 2.24) is 4.98 Å². The Hall–Kier alpha value is -2.56. The highest BCUT2D eigenvalue weighted by Gasteiger charge is 2.27. The van der Waals surface area contributed by atoms with Crippen molar-refractivity contribution >= 4 is 23.1 Å². The third kappa shape index (κ3) is 3.07. The lowest BCUT2D eigenvalue weighted by atomic mass is 10.1. The van der Waals surface area contributed by atoms with Gasteiger partial charge in [-0.15, -0.1) is 0 Å². The summed E-state index contributed by atoms with van der Waals surface area (Å²) < 4.78 is 0. The average molecular weight is 324 g/mol. The summed E-state index contributed by atoms with van der Waals surface area (Å²) >= 11 is 0. The van der Waals surface area contributed by atoms with Crippen LogP contribution in [0.15, 0.2) is 42.6 Å². The minimum absolute atomic E-state index is 0.0232. The Morgan fingerprint density at radius 2 is 1.88 bits per heavy atom. The zero-order valence-corrected chi connectivity index (χ0v) is 14.7. The quantitative estimate of drug-likeness (QED) is 0.851. The Bertz CT molecular complexity index is 744. The number of aromatic nitrogens is 1. The SMILES string of the molecule is C[C@@H]1CN(C)c2ccccc2N(C(=O)c2ccnc(N(C)C)c2)C1. The van der Waals surface area contributed by atoms with Gasteiger partial charge in [-0.25, -0.2) is 4.98 Å². The summed E-state index contributed by atoms with van der Waals surface area (Å²) in [4.78, 5) is 23.5. The first-order chi connectivity index (χ1) is 11.5. The molecule has 5 heteroatoms. The van der Waals surface area contributed by atoms with Gasteiger partial charge >= 0.3 is 0 Å². The molecule has 5 nitrogen and oxygen atoms in total. The molecule has 0 N–H and O–H groups in total. The number of pyridine rings is 1. The normalized spacial score (nSPS) is 17.2. The van der Waals surface area contributed by atoms with Crippen LogP contribution in [0, 0.1) is 5.92 Å². The van der Waals surface area contributed by atoms with E-state index in [2.05, 4.69) is 29.9 Å². The minimum Gasteiger partial charge on any atom is -0.373 e. The van der Waals surface area contributed by atoms with Gasteiger partial charge < -0.3 is 14.7 Å². The van der Waals surface area contributed by atoms with Crippen LogP contribution in [0.4, 0.5) is 17.2 Å². The Morgan fingerprint density at radius 1 is 1.17 bits per heavy atom. The van der Waals surface area contributed by atoms with Gasteiger partial charge in [0.1, 0.15) is 5.82 Å². The molecular formula is C19H24N4O. The third-order valence-electron chi connectivity index (χ3n) is 4.36. The summed E-state index contributed by atoms with van der Waals surface area (Å²) in [5, 5.41) is 0. The van der Waals surface area contributed by atoms with E-state index >= 15 is 0 Å². The highest BCUT2D eigenvalue weighted by molar-refractivity contribution is 6.08. The first-order valence-corrected chi connectivity index (χ1v) is 8.23. The fourth-order valence-electron chi connectivity index (χ4n) is 3.19. The minimum atomic E-state index is 0.0232. The average Bonchev–Trinajstić information content (AvgIpc) is 2.71. The van der Waals surface area contributed by atoms with E-state index in [-0.39, 0.29) is 5.91 Å². The molecule has 1 aliphatic rings. The Morgan fingerprint density at radius 3 is 2.58 bits per heavy atom. The fourth-order valence-corrected chi connectivity index (χ4v) is 3.19. The van der Waals surface area contributed by atoms with Crippen LogP contribution in [0.25, 0.3) is 0 Å². The van der Waals surface area contributed by atoms with E-state index in [0.29, 0.717) is 18.0 Å². The van der Waals surface area contributed by atoms with Crippen LogP contribution >= 0.6 is 0 Å². The molecule has 2 aromatic rings. The summed E-state index contributed by atoms with van der Waals surface area (Å²) in [6.45, 7) is 3.82. The Labute approximate surface area is 143 Å². The van der Waals surface area contributed by atoms with Crippen molar-refractivity contribution in [3.63, 3.8) is 0 Å². The maximum atomic E-state index is 13.2. The number of fused-ring (bicyclic) bond motifs is 1. The number of carbonyl (C=O) groups excluding carboxylic acids is 1. The third-order valence-corrected chi connectivity index (χ3v) is 4.36. The number of hydrogen-bond acceptors (Lipinski definition) is 4. The molecule has 0 aliphatic carbocycles. The first kappa shape index (κ1) is 16.3.